The average molecular weight is 381 g/mol. The molecule has 0 aromatic heterocycles. The van der Waals surface area contributed by atoms with Crippen LogP contribution in [0.3, 0.4) is 0 Å². The molecule has 5 aliphatic heterocycles. The third kappa shape index (κ3) is 1.49. The first-order valence-electron chi connectivity index (χ1n) is 9.75. The third-order valence-corrected chi connectivity index (χ3v) is 7.70. The summed E-state index contributed by atoms with van der Waals surface area (Å²) in [6.45, 7) is 4.52. The highest BCUT2D eigenvalue weighted by molar-refractivity contribution is 6.30. The lowest BCUT2D eigenvalue weighted by Gasteiger charge is -2.62. The Morgan fingerprint density at radius 2 is 2.11 bits per heavy atom. The fourth-order valence-corrected chi connectivity index (χ4v) is 6.46. The molecule has 2 bridgehead atoms. The molecule has 6 aliphatic rings. The molecule has 0 radical (unpaired) electrons. The van der Waals surface area contributed by atoms with Gasteiger partial charge < -0.3 is 15.4 Å². The summed E-state index contributed by atoms with van der Waals surface area (Å²) >= 11 is 0. The van der Waals surface area contributed by atoms with Gasteiger partial charge in [-0.25, -0.2) is 4.39 Å². The first kappa shape index (κ1) is 16.3. The quantitative estimate of drug-likeness (QED) is 0.552. The Bertz CT molecular complexity index is 1070. The maximum atomic E-state index is 13.8. The summed E-state index contributed by atoms with van der Waals surface area (Å²) in [7, 11) is 0. The molecule has 4 saturated heterocycles. The Kier molecular flexibility index (Phi) is 2.60. The van der Waals surface area contributed by atoms with Crippen LogP contribution in [0.1, 0.15) is 38.7 Å². The van der Waals surface area contributed by atoms with Gasteiger partial charge in [-0.1, -0.05) is 0 Å². The summed E-state index contributed by atoms with van der Waals surface area (Å²) in [5, 5.41) is 16.2. The van der Waals surface area contributed by atoms with E-state index in [0.717, 1.165) is 11.2 Å². The van der Waals surface area contributed by atoms with Crippen molar-refractivity contribution in [2.45, 2.75) is 44.2 Å². The molecular formula is C21H20FN3O3. The van der Waals surface area contributed by atoms with E-state index < -0.39 is 22.3 Å². The molecular weight excluding hydrogens is 361 g/mol. The van der Waals surface area contributed by atoms with Gasteiger partial charge >= 0.3 is 0 Å². The zero-order valence-corrected chi connectivity index (χ0v) is 15.7. The van der Waals surface area contributed by atoms with Crippen molar-refractivity contribution in [1.82, 2.24) is 10.2 Å². The number of fused-ring (bicyclic) bond motifs is 4. The zero-order valence-electron chi connectivity index (χ0n) is 15.7. The van der Waals surface area contributed by atoms with E-state index >= 15 is 0 Å². The number of nitrogens with zero attached hydrogens (tertiary/aromatic N) is 2. The van der Waals surface area contributed by atoms with Crippen molar-refractivity contribution in [2.24, 2.45) is 11.3 Å². The molecule has 0 saturated carbocycles. The largest absolute Gasteiger partial charge is 0.618 e. The molecule has 1 N–H and O–H groups in total. The van der Waals surface area contributed by atoms with Gasteiger partial charge in [-0.3, -0.25) is 9.59 Å². The van der Waals surface area contributed by atoms with Crippen LogP contribution < -0.4 is 5.32 Å². The predicted octanol–water partition coefficient (Wildman–Crippen LogP) is 2.10. The number of rotatable bonds is 0. The van der Waals surface area contributed by atoms with E-state index in [2.05, 4.69) is 5.32 Å². The van der Waals surface area contributed by atoms with E-state index in [0.29, 0.717) is 36.2 Å². The summed E-state index contributed by atoms with van der Waals surface area (Å²) in [4.78, 5) is 28.4. The van der Waals surface area contributed by atoms with Gasteiger partial charge in [-0.05, 0) is 51.3 Å². The first-order chi connectivity index (χ1) is 13.2. The number of amides is 2. The molecule has 144 valence electrons. The lowest BCUT2D eigenvalue weighted by atomic mass is 9.51. The van der Waals surface area contributed by atoms with Gasteiger partial charge in [0.05, 0.1) is 16.6 Å². The molecule has 2 amide bonds. The van der Waals surface area contributed by atoms with Gasteiger partial charge in [0.2, 0.25) is 17.3 Å². The first-order valence-corrected chi connectivity index (χ1v) is 9.75. The number of hydrogen-bond donors (Lipinski definition) is 1. The van der Waals surface area contributed by atoms with Gasteiger partial charge in [-0.15, -0.1) is 0 Å². The Morgan fingerprint density at radius 1 is 1.32 bits per heavy atom. The average Bonchev–Trinajstić information content (AvgIpc) is 3.18. The van der Waals surface area contributed by atoms with Gasteiger partial charge in [-0.2, -0.15) is 4.74 Å². The van der Waals surface area contributed by atoms with Crippen molar-refractivity contribution in [3.05, 3.63) is 40.9 Å². The molecule has 1 aromatic rings. The summed E-state index contributed by atoms with van der Waals surface area (Å²) in [6, 6.07) is 4.14. The second-order valence-corrected chi connectivity index (χ2v) is 9.26. The molecule has 3 atom stereocenters. The van der Waals surface area contributed by atoms with Crippen LogP contribution in [0.25, 0.3) is 5.57 Å². The maximum absolute atomic E-state index is 13.8. The predicted molar refractivity (Wildman–Crippen MR) is 99.1 cm³/mol. The van der Waals surface area contributed by atoms with Crippen molar-refractivity contribution in [1.29, 1.82) is 0 Å². The van der Waals surface area contributed by atoms with E-state index in [1.54, 1.807) is 17.0 Å². The minimum Gasteiger partial charge on any atom is -0.618 e. The van der Waals surface area contributed by atoms with Gasteiger partial charge in [0, 0.05) is 18.5 Å². The molecule has 2 spiro atoms. The van der Waals surface area contributed by atoms with Crippen molar-refractivity contribution in [2.75, 3.05) is 6.54 Å². The summed E-state index contributed by atoms with van der Waals surface area (Å²) in [5.41, 5.74) is -0.547. The summed E-state index contributed by atoms with van der Waals surface area (Å²) < 4.78 is 14.6. The normalized spacial score (nSPS) is 36.6. The van der Waals surface area contributed by atoms with Crippen LogP contribution in [-0.2, 0) is 9.59 Å². The van der Waals surface area contributed by atoms with Crippen molar-refractivity contribution >= 4 is 28.8 Å². The van der Waals surface area contributed by atoms with Crippen molar-refractivity contribution in [3.63, 3.8) is 0 Å². The van der Waals surface area contributed by atoms with E-state index in [4.69, 9.17) is 0 Å². The molecule has 5 heterocycles. The molecule has 1 aromatic carbocycles. The van der Waals surface area contributed by atoms with Gasteiger partial charge in [0.15, 0.2) is 0 Å². The second-order valence-electron chi connectivity index (χ2n) is 9.26. The zero-order chi connectivity index (χ0) is 19.6. The third-order valence-electron chi connectivity index (χ3n) is 7.70. The lowest BCUT2D eigenvalue weighted by Crippen LogP contribution is -2.83. The van der Waals surface area contributed by atoms with Gasteiger partial charge in [0.1, 0.15) is 16.9 Å². The fourth-order valence-electron chi connectivity index (χ4n) is 6.46. The van der Waals surface area contributed by atoms with Crippen molar-refractivity contribution < 1.29 is 18.7 Å². The van der Waals surface area contributed by atoms with E-state index in [-0.39, 0.29) is 23.4 Å². The molecule has 7 heteroatoms. The van der Waals surface area contributed by atoms with Crippen LogP contribution in [0.15, 0.2) is 24.3 Å². The van der Waals surface area contributed by atoms with Gasteiger partial charge in [0.25, 0.3) is 5.91 Å². The highest BCUT2D eigenvalue weighted by atomic mass is 19.1. The molecule has 4 fully saturated rings. The van der Waals surface area contributed by atoms with E-state index in [1.807, 2.05) is 13.8 Å². The standard InChI is InChI=1S/C21H20FN3O3/c1-19(2)15-10-20-6-3-7-24(20)18(27)21(15,23-17(20)26)9-13-12-5-4-11(22)8-14(12)25(28)16(13)19/h4-5,8-9,15H,3,6-7,10H2,1-2H3,(H,23,26)/t15?,20-,21-/m0/s1. The number of hydrogen-bond acceptors (Lipinski definition) is 3. The van der Waals surface area contributed by atoms with Crippen LogP contribution in [0.5, 0.6) is 0 Å². The number of piperidine rings is 2. The maximum Gasteiger partial charge on any atom is 0.253 e. The number of carbonyl (C=O) groups is 2. The molecule has 7 rings (SSSR count). The number of nitrogens with one attached hydrogen (secondary N) is 1. The highest BCUT2D eigenvalue weighted by Crippen LogP contribution is 2.60. The number of allylic oxidation sites excluding steroid dienone is 1. The van der Waals surface area contributed by atoms with Crippen LogP contribution in [-0.4, -0.2) is 44.8 Å². The van der Waals surface area contributed by atoms with Crippen molar-refractivity contribution in [3.8, 4) is 0 Å². The minimum absolute atomic E-state index is 0.0755. The fraction of sp³-hybridized carbons (Fsp3) is 0.476. The summed E-state index contributed by atoms with van der Waals surface area (Å²) in [6.07, 6.45) is 3.79. The topological polar surface area (TPSA) is 75.5 Å². The Balaban J connectivity index is 1.66. The molecule has 1 aliphatic carbocycles. The van der Waals surface area contributed by atoms with Crippen LogP contribution >= 0.6 is 0 Å². The van der Waals surface area contributed by atoms with Crippen LogP contribution in [0, 0.1) is 22.4 Å². The van der Waals surface area contributed by atoms with Crippen LogP contribution in [0.4, 0.5) is 10.1 Å². The SMILES string of the molecule is CC1(C)C2=[N+]([O-])c3cc(F)ccc3C2=C[C@@]23NC(=O)[C@]4(CCCN4C2=O)CC13. The molecule has 28 heavy (non-hydrogen) atoms. The minimum atomic E-state index is -1.15. The summed E-state index contributed by atoms with van der Waals surface area (Å²) in [5.74, 6) is -0.867. The Hall–Kier alpha value is -2.70. The number of piperazine rings is 1. The Labute approximate surface area is 161 Å². The molecule has 6 nitrogen and oxygen atoms in total. The van der Waals surface area contributed by atoms with Crippen LogP contribution in [0.2, 0.25) is 0 Å². The number of halogens is 1. The molecule has 1 unspecified atom stereocenters. The van der Waals surface area contributed by atoms with E-state index in [9.17, 15) is 19.2 Å². The Morgan fingerprint density at radius 3 is 2.89 bits per heavy atom. The van der Waals surface area contributed by atoms with E-state index in [1.165, 1.54) is 12.1 Å². The number of benzene rings is 1. The second kappa shape index (κ2) is 4.47. The smallest absolute Gasteiger partial charge is 0.253 e. The lowest BCUT2D eigenvalue weighted by molar-refractivity contribution is -0.362. The monoisotopic (exact) mass is 381 g/mol. The highest BCUT2D eigenvalue weighted by Gasteiger charge is 2.73. The number of carbonyl (C=O) groups excluding carboxylic acids is 2.